The second-order valence-corrected chi connectivity index (χ2v) is 4.35. The molecule has 7 nitrogen and oxygen atoms in total. The first-order chi connectivity index (χ1) is 10.6. The van der Waals surface area contributed by atoms with Gasteiger partial charge in [-0.15, -0.1) is 0 Å². The smallest absolute Gasteiger partial charge is 0.282 e. The standard InChI is InChI=1S/C15H14N2O5/c1-21-12-7-8-14(17(19)20)13(9-12)15(18)16-22-10-11-5-3-2-4-6-11/h2-9H,10H2,1H3,(H,16,18). The molecule has 0 saturated heterocycles. The number of carbonyl (C=O) groups excluding carboxylic acids is 1. The maximum atomic E-state index is 12.0. The molecular formula is C15H14N2O5. The lowest BCUT2D eigenvalue weighted by molar-refractivity contribution is -0.385. The van der Waals surface area contributed by atoms with Crippen LogP contribution >= 0.6 is 0 Å². The zero-order valence-electron chi connectivity index (χ0n) is 11.8. The summed E-state index contributed by atoms with van der Waals surface area (Å²) in [6.07, 6.45) is 0. The Morgan fingerprint density at radius 2 is 1.95 bits per heavy atom. The molecule has 0 aliphatic carbocycles. The molecule has 2 aromatic rings. The van der Waals surface area contributed by atoms with E-state index >= 15 is 0 Å². The molecule has 22 heavy (non-hydrogen) atoms. The number of rotatable bonds is 6. The molecule has 0 aromatic heterocycles. The SMILES string of the molecule is COc1ccc([N+](=O)[O-])c(C(=O)NOCc2ccccc2)c1. The van der Waals surface area contributed by atoms with Gasteiger partial charge in [0.2, 0.25) is 0 Å². The molecule has 0 unspecified atom stereocenters. The molecule has 1 amide bonds. The van der Waals surface area contributed by atoms with Crippen LogP contribution in [0.4, 0.5) is 5.69 Å². The van der Waals surface area contributed by atoms with E-state index in [1.54, 1.807) is 0 Å². The van der Waals surface area contributed by atoms with Crippen LogP contribution in [0, 0.1) is 10.1 Å². The number of ether oxygens (including phenoxy) is 1. The van der Waals surface area contributed by atoms with Gasteiger partial charge in [0.1, 0.15) is 11.3 Å². The van der Waals surface area contributed by atoms with Gasteiger partial charge >= 0.3 is 0 Å². The van der Waals surface area contributed by atoms with Gasteiger partial charge in [-0.1, -0.05) is 30.3 Å². The molecule has 114 valence electrons. The van der Waals surface area contributed by atoms with E-state index in [0.29, 0.717) is 5.75 Å². The van der Waals surface area contributed by atoms with Crippen molar-refractivity contribution in [3.63, 3.8) is 0 Å². The van der Waals surface area contributed by atoms with E-state index in [-0.39, 0.29) is 17.9 Å². The number of nitrogens with one attached hydrogen (secondary N) is 1. The maximum absolute atomic E-state index is 12.0. The van der Waals surface area contributed by atoms with Crippen LogP contribution in [0.2, 0.25) is 0 Å². The molecule has 0 saturated carbocycles. The largest absolute Gasteiger partial charge is 0.497 e. The molecule has 0 heterocycles. The summed E-state index contributed by atoms with van der Waals surface area (Å²) in [6, 6.07) is 13.1. The normalized spacial score (nSPS) is 10.0. The first kappa shape index (κ1) is 15.5. The van der Waals surface area contributed by atoms with Gasteiger partial charge < -0.3 is 4.74 Å². The number of nitro groups is 1. The van der Waals surface area contributed by atoms with Gasteiger partial charge in [-0.05, 0) is 17.7 Å². The Kier molecular flexibility index (Phi) is 5.05. The third-order valence-corrected chi connectivity index (χ3v) is 2.89. The summed E-state index contributed by atoms with van der Waals surface area (Å²) in [5.41, 5.74) is 2.61. The Balaban J connectivity index is 2.06. The average Bonchev–Trinajstić information content (AvgIpc) is 2.55. The fraction of sp³-hybridized carbons (Fsp3) is 0.133. The molecule has 0 bridgehead atoms. The lowest BCUT2D eigenvalue weighted by Gasteiger charge is -2.08. The zero-order chi connectivity index (χ0) is 15.9. The third-order valence-electron chi connectivity index (χ3n) is 2.89. The predicted molar refractivity (Wildman–Crippen MR) is 78.3 cm³/mol. The summed E-state index contributed by atoms with van der Waals surface area (Å²) in [6.45, 7) is 0.157. The summed E-state index contributed by atoms with van der Waals surface area (Å²) >= 11 is 0. The lowest BCUT2D eigenvalue weighted by atomic mass is 10.1. The Labute approximate surface area is 126 Å². The van der Waals surface area contributed by atoms with Crippen LogP contribution < -0.4 is 10.2 Å². The van der Waals surface area contributed by atoms with Crippen molar-refractivity contribution in [3.8, 4) is 5.75 Å². The number of methoxy groups -OCH3 is 1. The van der Waals surface area contributed by atoms with Crippen LogP contribution in [-0.2, 0) is 11.4 Å². The summed E-state index contributed by atoms with van der Waals surface area (Å²) < 4.78 is 4.97. The van der Waals surface area contributed by atoms with Crippen molar-refractivity contribution in [2.75, 3.05) is 7.11 Å². The predicted octanol–water partition coefficient (Wildman–Crippen LogP) is 2.47. The monoisotopic (exact) mass is 302 g/mol. The minimum absolute atomic E-state index is 0.127. The highest BCUT2D eigenvalue weighted by molar-refractivity contribution is 5.97. The molecule has 0 aliphatic heterocycles. The molecule has 0 spiro atoms. The Hall–Kier alpha value is -2.93. The minimum Gasteiger partial charge on any atom is -0.497 e. The third kappa shape index (κ3) is 3.80. The summed E-state index contributed by atoms with van der Waals surface area (Å²) in [7, 11) is 1.41. The van der Waals surface area contributed by atoms with E-state index in [2.05, 4.69) is 5.48 Å². The van der Waals surface area contributed by atoms with E-state index in [0.717, 1.165) is 5.56 Å². The second-order valence-electron chi connectivity index (χ2n) is 4.35. The van der Waals surface area contributed by atoms with E-state index < -0.39 is 10.8 Å². The van der Waals surface area contributed by atoms with Gasteiger partial charge in [-0.25, -0.2) is 5.48 Å². The Morgan fingerprint density at radius 3 is 2.59 bits per heavy atom. The molecular weight excluding hydrogens is 288 g/mol. The highest BCUT2D eigenvalue weighted by Gasteiger charge is 2.21. The fourth-order valence-electron chi connectivity index (χ4n) is 1.80. The van der Waals surface area contributed by atoms with Gasteiger partial charge in [0, 0.05) is 6.07 Å². The molecule has 2 rings (SSSR count). The Morgan fingerprint density at radius 1 is 1.23 bits per heavy atom. The van der Waals surface area contributed by atoms with Crippen molar-refractivity contribution >= 4 is 11.6 Å². The first-order valence-electron chi connectivity index (χ1n) is 6.40. The van der Waals surface area contributed by atoms with Gasteiger partial charge in [-0.2, -0.15) is 0 Å². The number of hydrogen-bond donors (Lipinski definition) is 1. The number of hydrogen-bond acceptors (Lipinski definition) is 5. The molecule has 0 aliphatic rings. The summed E-state index contributed by atoms with van der Waals surface area (Å²) in [5, 5.41) is 11.0. The van der Waals surface area contributed by atoms with Crippen molar-refractivity contribution in [1.29, 1.82) is 0 Å². The highest BCUT2D eigenvalue weighted by atomic mass is 16.7. The second kappa shape index (κ2) is 7.19. The van der Waals surface area contributed by atoms with Crippen molar-refractivity contribution in [3.05, 3.63) is 69.8 Å². The number of nitro benzene ring substituents is 1. The number of amides is 1. The van der Waals surface area contributed by atoms with Crippen LogP contribution in [0.15, 0.2) is 48.5 Å². The molecule has 7 heteroatoms. The summed E-state index contributed by atoms with van der Waals surface area (Å²) in [5.74, 6) is -0.361. The van der Waals surface area contributed by atoms with E-state index in [1.807, 2.05) is 30.3 Å². The molecule has 0 radical (unpaired) electrons. The molecule has 2 aromatic carbocycles. The van der Waals surface area contributed by atoms with Gasteiger partial charge in [0.05, 0.1) is 18.6 Å². The van der Waals surface area contributed by atoms with Crippen molar-refractivity contribution in [1.82, 2.24) is 5.48 Å². The van der Waals surface area contributed by atoms with E-state index in [9.17, 15) is 14.9 Å². The van der Waals surface area contributed by atoms with Gasteiger partial charge in [0.25, 0.3) is 11.6 Å². The Bertz CT molecular complexity index is 673. The van der Waals surface area contributed by atoms with Crippen LogP contribution in [-0.4, -0.2) is 17.9 Å². The van der Waals surface area contributed by atoms with Gasteiger partial charge in [0.15, 0.2) is 0 Å². The number of nitrogens with zero attached hydrogens (tertiary/aromatic N) is 1. The number of benzene rings is 2. The van der Waals surface area contributed by atoms with Crippen molar-refractivity contribution in [2.24, 2.45) is 0 Å². The quantitative estimate of drug-likeness (QED) is 0.654. The number of carbonyl (C=O) groups is 1. The van der Waals surface area contributed by atoms with E-state index in [4.69, 9.17) is 9.57 Å². The molecule has 1 N–H and O–H groups in total. The van der Waals surface area contributed by atoms with Crippen LogP contribution in [0.1, 0.15) is 15.9 Å². The highest BCUT2D eigenvalue weighted by Crippen LogP contribution is 2.23. The molecule has 0 fully saturated rings. The van der Waals surface area contributed by atoms with Crippen molar-refractivity contribution < 1.29 is 19.3 Å². The lowest BCUT2D eigenvalue weighted by Crippen LogP contribution is -2.24. The maximum Gasteiger partial charge on any atom is 0.282 e. The average molecular weight is 302 g/mol. The number of hydroxylamine groups is 1. The van der Waals surface area contributed by atoms with Gasteiger partial charge in [-0.3, -0.25) is 19.7 Å². The molecule has 0 atom stereocenters. The van der Waals surface area contributed by atoms with Crippen LogP contribution in [0.25, 0.3) is 0 Å². The first-order valence-corrected chi connectivity index (χ1v) is 6.40. The topological polar surface area (TPSA) is 90.7 Å². The van der Waals surface area contributed by atoms with Crippen LogP contribution in [0.3, 0.4) is 0 Å². The summed E-state index contributed by atoms with van der Waals surface area (Å²) in [4.78, 5) is 27.4. The fourth-order valence-corrected chi connectivity index (χ4v) is 1.80. The minimum atomic E-state index is -0.707. The van der Waals surface area contributed by atoms with E-state index in [1.165, 1.54) is 25.3 Å². The zero-order valence-corrected chi connectivity index (χ0v) is 11.8. The van der Waals surface area contributed by atoms with Crippen molar-refractivity contribution in [2.45, 2.75) is 6.61 Å². The van der Waals surface area contributed by atoms with Crippen LogP contribution in [0.5, 0.6) is 5.75 Å².